The van der Waals surface area contributed by atoms with Crippen LogP contribution in [0.2, 0.25) is 0 Å². The second kappa shape index (κ2) is 11.1. The number of amides is 1. The summed E-state index contributed by atoms with van der Waals surface area (Å²) in [5.74, 6) is 0.953. The van der Waals surface area contributed by atoms with Gasteiger partial charge in [0, 0.05) is 19.8 Å². The molecule has 0 aliphatic rings. The minimum absolute atomic E-state index is 0. The van der Waals surface area contributed by atoms with E-state index in [9.17, 15) is 13.2 Å². The fourth-order valence-corrected chi connectivity index (χ4v) is 3.43. The zero-order chi connectivity index (χ0) is 19.9. The van der Waals surface area contributed by atoms with E-state index in [1.165, 1.54) is 6.26 Å². The molecule has 2 rings (SSSR count). The number of aliphatic imine (C=N–C) groups is 1. The van der Waals surface area contributed by atoms with Crippen molar-refractivity contribution < 1.29 is 17.6 Å². The molecule has 1 heterocycles. The highest BCUT2D eigenvalue weighted by Crippen LogP contribution is 2.16. The van der Waals surface area contributed by atoms with Crippen molar-refractivity contribution in [3.05, 3.63) is 53.5 Å². The Morgan fingerprint density at radius 2 is 1.89 bits per heavy atom. The highest BCUT2D eigenvalue weighted by atomic mass is 127. The molecule has 1 aromatic heterocycles. The monoisotopic (exact) mass is 520 g/mol. The molecule has 1 amide bonds. The van der Waals surface area contributed by atoms with Crippen molar-refractivity contribution in [2.75, 3.05) is 19.8 Å². The zero-order valence-electron chi connectivity index (χ0n) is 16.0. The molecule has 0 saturated carbocycles. The number of carbonyl (C=O) groups excluding carboxylic acids is 1. The number of rotatable bonds is 7. The number of carbonyl (C=O) groups is 1. The number of furan rings is 1. The van der Waals surface area contributed by atoms with Gasteiger partial charge in [-0.2, -0.15) is 0 Å². The maximum atomic E-state index is 11.9. The van der Waals surface area contributed by atoms with Gasteiger partial charge in [-0.15, -0.1) is 24.0 Å². The van der Waals surface area contributed by atoms with Crippen molar-refractivity contribution in [2.24, 2.45) is 4.99 Å². The van der Waals surface area contributed by atoms with Crippen molar-refractivity contribution in [3.8, 4) is 0 Å². The predicted molar refractivity (Wildman–Crippen MR) is 118 cm³/mol. The molecule has 0 aliphatic carbocycles. The summed E-state index contributed by atoms with van der Waals surface area (Å²) < 4.78 is 28.5. The van der Waals surface area contributed by atoms with Gasteiger partial charge in [0.25, 0.3) is 0 Å². The van der Waals surface area contributed by atoms with E-state index in [4.69, 9.17) is 4.42 Å². The summed E-state index contributed by atoms with van der Waals surface area (Å²) in [6.07, 6.45) is 2.74. The van der Waals surface area contributed by atoms with Crippen LogP contribution in [0.1, 0.15) is 16.9 Å². The second-order valence-corrected chi connectivity index (χ2v) is 7.99. The molecule has 28 heavy (non-hydrogen) atoms. The third kappa shape index (κ3) is 7.50. The Morgan fingerprint density at radius 1 is 1.14 bits per heavy atom. The highest BCUT2D eigenvalue weighted by molar-refractivity contribution is 14.0. The van der Waals surface area contributed by atoms with Crippen molar-refractivity contribution in [3.63, 3.8) is 0 Å². The minimum atomic E-state index is -3.23. The molecule has 0 atom stereocenters. The average molecular weight is 520 g/mol. The minimum Gasteiger partial charge on any atom is -0.467 e. The van der Waals surface area contributed by atoms with Crippen LogP contribution in [0.25, 0.3) is 0 Å². The molecule has 0 radical (unpaired) electrons. The van der Waals surface area contributed by atoms with Crippen molar-refractivity contribution in [1.82, 2.24) is 16.0 Å². The number of benzene rings is 1. The second-order valence-electron chi connectivity index (χ2n) is 6.01. The first-order chi connectivity index (χ1) is 12.8. The molecule has 0 unspecified atom stereocenters. The normalized spacial score (nSPS) is 11.5. The van der Waals surface area contributed by atoms with Crippen LogP contribution in [0.5, 0.6) is 0 Å². The first-order valence-corrected chi connectivity index (χ1v) is 10.2. The van der Waals surface area contributed by atoms with E-state index in [-0.39, 0.29) is 36.4 Å². The first-order valence-electron chi connectivity index (χ1n) is 8.33. The molecule has 0 spiro atoms. The zero-order valence-corrected chi connectivity index (χ0v) is 19.1. The SMILES string of the molecule is CN=C(NCC(=O)NCc1ccco1)NCc1ccc(S(C)(=O)=O)c(C)c1.I. The third-order valence-electron chi connectivity index (χ3n) is 3.78. The Bertz CT molecular complexity index is 912. The number of halogens is 1. The van der Waals surface area contributed by atoms with Gasteiger partial charge in [0.1, 0.15) is 5.76 Å². The Kier molecular flexibility index (Phi) is 9.46. The van der Waals surface area contributed by atoms with Gasteiger partial charge >= 0.3 is 0 Å². The number of hydrogen-bond acceptors (Lipinski definition) is 5. The molecule has 0 fully saturated rings. The number of guanidine groups is 1. The molecule has 8 nitrogen and oxygen atoms in total. The van der Waals surface area contributed by atoms with Crippen LogP contribution in [-0.4, -0.2) is 40.1 Å². The third-order valence-corrected chi connectivity index (χ3v) is 5.04. The van der Waals surface area contributed by atoms with Gasteiger partial charge in [0.15, 0.2) is 15.8 Å². The van der Waals surface area contributed by atoms with Crippen LogP contribution in [-0.2, 0) is 27.7 Å². The largest absolute Gasteiger partial charge is 0.467 e. The Morgan fingerprint density at radius 3 is 2.46 bits per heavy atom. The summed E-state index contributed by atoms with van der Waals surface area (Å²) in [5, 5.41) is 8.74. The van der Waals surface area contributed by atoms with Crippen molar-refractivity contribution in [2.45, 2.75) is 24.9 Å². The molecular formula is C18H25IN4O4S. The van der Waals surface area contributed by atoms with Crippen LogP contribution in [0, 0.1) is 6.92 Å². The van der Waals surface area contributed by atoms with Gasteiger partial charge in [-0.05, 0) is 36.2 Å². The number of nitrogens with one attached hydrogen (secondary N) is 3. The van der Waals surface area contributed by atoms with Crippen LogP contribution < -0.4 is 16.0 Å². The molecule has 1 aromatic carbocycles. The lowest BCUT2D eigenvalue weighted by Crippen LogP contribution is -2.42. The topological polar surface area (TPSA) is 113 Å². The smallest absolute Gasteiger partial charge is 0.239 e. The Labute approximate surface area is 182 Å². The van der Waals surface area contributed by atoms with Crippen LogP contribution in [0.15, 0.2) is 50.9 Å². The quantitative estimate of drug-likeness (QED) is 0.291. The lowest BCUT2D eigenvalue weighted by molar-refractivity contribution is -0.120. The van der Waals surface area contributed by atoms with Crippen molar-refractivity contribution in [1.29, 1.82) is 0 Å². The average Bonchev–Trinajstić information content (AvgIpc) is 3.12. The van der Waals surface area contributed by atoms with E-state index < -0.39 is 9.84 Å². The molecule has 2 aromatic rings. The molecule has 10 heteroatoms. The summed E-state index contributed by atoms with van der Waals surface area (Å²) in [6.45, 7) is 2.59. The van der Waals surface area contributed by atoms with E-state index in [1.807, 2.05) is 6.07 Å². The molecule has 0 bridgehead atoms. The van der Waals surface area contributed by atoms with Crippen LogP contribution in [0.3, 0.4) is 0 Å². The van der Waals surface area contributed by atoms with Gasteiger partial charge in [-0.1, -0.05) is 12.1 Å². The summed E-state index contributed by atoms with van der Waals surface area (Å²) in [5.41, 5.74) is 1.60. The summed E-state index contributed by atoms with van der Waals surface area (Å²) in [4.78, 5) is 16.2. The number of nitrogens with zero attached hydrogens (tertiary/aromatic N) is 1. The van der Waals surface area contributed by atoms with E-state index >= 15 is 0 Å². The van der Waals surface area contributed by atoms with Crippen molar-refractivity contribution >= 4 is 45.7 Å². The predicted octanol–water partition coefficient (Wildman–Crippen LogP) is 1.59. The first kappa shape index (κ1) is 24.0. The van der Waals surface area contributed by atoms with E-state index in [2.05, 4.69) is 20.9 Å². The van der Waals surface area contributed by atoms with Gasteiger partial charge in [-0.25, -0.2) is 8.42 Å². The summed E-state index contributed by atoms with van der Waals surface area (Å²) >= 11 is 0. The maximum absolute atomic E-state index is 11.9. The van der Waals surface area contributed by atoms with Gasteiger partial charge in [0.2, 0.25) is 5.91 Å². The number of hydrogen-bond donors (Lipinski definition) is 3. The maximum Gasteiger partial charge on any atom is 0.239 e. The van der Waals surface area contributed by atoms with E-state index in [0.717, 1.165) is 5.56 Å². The van der Waals surface area contributed by atoms with Crippen LogP contribution >= 0.6 is 24.0 Å². The van der Waals surface area contributed by atoms with Gasteiger partial charge < -0.3 is 20.4 Å². The Hall–Kier alpha value is -2.08. The molecular weight excluding hydrogens is 495 g/mol. The van der Waals surface area contributed by atoms with Gasteiger partial charge in [0.05, 0.1) is 24.2 Å². The lowest BCUT2D eigenvalue weighted by atomic mass is 10.1. The lowest BCUT2D eigenvalue weighted by Gasteiger charge is -2.13. The van der Waals surface area contributed by atoms with E-state index in [1.54, 1.807) is 44.5 Å². The molecule has 3 N–H and O–H groups in total. The summed E-state index contributed by atoms with van der Waals surface area (Å²) in [6, 6.07) is 8.70. The molecule has 0 aliphatic heterocycles. The number of sulfone groups is 1. The molecule has 0 saturated heterocycles. The standard InChI is InChI=1S/C18H24N4O4S.HI/c1-13-9-14(6-7-16(13)27(3,24)25)10-21-18(19-2)22-12-17(23)20-11-15-5-4-8-26-15;/h4-9H,10-12H2,1-3H3,(H,20,23)(H2,19,21,22);1H. The van der Waals surface area contributed by atoms with Gasteiger partial charge in [-0.3, -0.25) is 9.79 Å². The van der Waals surface area contributed by atoms with E-state index in [0.29, 0.717) is 35.3 Å². The molecule has 154 valence electrons. The summed E-state index contributed by atoms with van der Waals surface area (Å²) in [7, 11) is -1.63. The number of aryl methyl sites for hydroxylation is 1. The van der Waals surface area contributed by atoms with Crippen LogP contribution in [0.4, 0.5) is 0 Å². The highest BCUT2D eigenvalue weighted by Gasteiger charge is 2.11. The fraction of sp³-hybridized carbons (Fsp3) is 0.333. The Balaban J connectivity index is 0.00000392. The fourth-order valence-electron chi connectivity index (χ4n) is 2.47.